The minimum absolute atomic E-state index is 0.475. The van der Waals surface area contributed by atoms with Crippen LogP contribution in [-0.4, -0.2) is 40.1 Å². The fourth-order valence-corrected chi connectivity index (χ4v) is 2.67. The van der Waals surface area contributed by atoms with Crippen LogP contribution in [0.2, 0.25) is 0 Å². The molecule has 0 fully saturated rings. The van der Waals surface area contributed by atoms with Crippen LogP contribution in [0.5, 0.6) is 11.5 Å². The smallest absolute Gasteiger partial charge is 0.172 e. The van der Waals surface area contributed by atoms with Gasteiger partial charge < -0.3 is 19.7 Å². The van der Waals surface area contributed by atoms with Gasteiger partial charge in [-0.25, -0.2) is 0 Å². The second-order valence-electron chi connectivity index (χ2n) is 5.85. The Morgan fingerprint density at radius 3 is 2.71 bits per heavy atom. The van der Waals surface area contributed by atoms with Gasteiger partial charge in [0.1, 0.15) is 12.4 Å². The molecule has 0 amide bonds. The Morgan fingerprint density at radius 1 is 1.17 bits per heavy atom. The van der Waals surface area contributed by atoms with Gasteiger partial charge in [-0.15, -0.1) is 0 Å². The van der Waals surface area contributed by atoms with Crippen LogP contribution in [0.3, 0.4) is 0 Å². The van der Waals surface area contributed by atoms with Crippen LogP contribution in [0, 0.1) is 0 Å². The third kappa shape index (κ3) is 3.45. The van der Waals surface area contributed by atoms with Gasteiger partial charge >= 0.3 is 0 Å². The highest BCUT2D eigenvalue weighted by molar-refractivity contribution is 6.02. The van der Waals surface area contributed by atoms with Crippen molar-refractivity contribution in [2.45, 2.75) is 6.61 Å². The second kappa shape index (κ2) is 7.25. The van der Waals surface area contributed by atoms with Gasteiger partial charge in [-0.3, -0.25) is 4.99 Å². The lowest BCUT2D eigenvalue weighted by Gasteiger charge is -2.17. The molecule has 0 spiro atoms. The summed E-state index contributed by atoms with van der Waals surface area (Å²) in [4.78, 5) is 6.58. The topological polar surface area (TPSA) is 46.1 Å². The first kappa shape index (κ1) is 16.2. The zero-order valence-electron chi connectivity index (χ0n) is 14.4. The monoisotopic (exact) mass is 325 g/mol. The Kier molecular flexibility index (Phi) is 4.89. The van der Waals surface area contributed by atoms with Crippen molar-refractivity contribution in [3.05, 3.63) is 53.6 Å². The van der Waals surface area contributed by atoms with E-state index in [9.17, 15) is 0 Å². The Labute approximate surface area is 142 Å². The average molecular weight is 325 g/mol. The van der Waals surface area contributed by atoms with Crippen LogP contribution in [0.15, 0.2) is 47.5 Å². The number of benzene rings is 2. The second-order valence-corrected chi connectivity index (χ2v) is 5.85. The molecule has 5 heteroatoms. The van der Waals surface area contributed by atoms with E-state index in [1.165, 1.54) is 0 Å². The van der Waals surface area contributed by atoms with Crippen molar-refractivity contribution in [1.29, 1.82) is 0 Å². The standard InChI is InChI=1S/C19H23N3O2/c1-22(2)15-7-4-6-14(12-15)13-24-18-16(19-20-10-11-21-19)8-5-9-17(18)23-3/h4-9,12H,10-11,13H2,1-3H3,(H,20,21). The Hall–Kier alpha value is -2.69. The Balaban J connectivity index is 1.85. The molecule has 126 valence electrons. The molecule has 0 unspecified atom stereocenters. The van der Waals surface area contributed by atoms with Gasteiger partial charge in [0.05, 0.1) is 19.2 Å². The number of anilines is 1. The number of ether oxygens (including phenoxy) is 2. The van der Waals surface area contributed by atoms with Crippen LogP contribution in [0.4, 0.5) is 5.69 Å². The number of hydrogen-bond donors (Lipinski definition) is 1. The summed E-state index contributed by atoms with van der Waals surface area (Å²) >= 11 is 0. The summed E-state index contributed by atoms with van der Waals surface area (Å²) in [5.74, 6) is 2.31. The zero-order chi connectivity index (χ0) is 16.9. The maximum Gasteiger partial charge on any atom is 0.172 e. The molecule has 0 aliphatic carbocycles. The minimum Gasteiger partial charge on any atom is -0.493 e. The lowest BCUT2D eigenvalue weighted by atomic mass is 10.1. The summed E-state index contributed by atoms with van der Waals surface area (Å²) in [6, 6.07) is 14.2. The molecular formula is C19H23N3O2. The molecule has 1 N–H and O–H groups in total. The molecule has 3 rings (SSSR count). The van der Waals surface area contributed by atoms with E-state index >= 15 is 0 Å². The molecule has 1 aliphatic heterocycles. The summed E-state index contributed by atoms with van der Waals surface area (Å²) in [5, 5.41) is 3.29. The van der Waals surface area contributed by atoms with Gasteiger partial charge in [0.15, 0.2) is 11.5 Å². The summed E-state index contributed by atoms with van der Waals surface area (Å²) in [6.45, 7) is 2.12. The van der Waals surface area contributed by atoms with Crippen molar-refractivity contribution < 1.29 is 9.47 Å². The first-order valence-electron chi connectivity index (χ1n) is 8.04. The van der Waals surface area contributed by atoms with Gasteiger partial charge in [-0.2, -0.15) is 0 Å². The maximum absolute atomic E-state index is 6.13. The minimum atomic E-state index is 0.475. The quantitative estimate of drug-likeness (QED) is 0.887. The first-order chi connectivity index (χ1) is 11.7. The summed E-state index contributed by atoms with van der Waals surface area (Å²) < 4.78 is 11.6. The maximum atomic E-state index is 6.13. The summed E-state index contributed by atoms with van der Waals surface area (Å²) in [5.41, 5.74) is 3.20. The van der Waals surface area contributed by atoms with E-state index in [1.54, 1.807) is 7.11 Å². The first-order valence-corrected chi connectivity index (χ1v) is 8.04. The number of rotatable bonds is 6. The predicted octanol–water partition coefficient (Wildman–Crippen LogP) is 2.69. The molecule has 0 saturated heterocycles. The van der Waals surface area contributed by atoms with Crippen molar-refractivity contribution in [2.24, 2.45) is 4.99 Å². The van der Waals surface area contributed by atoms with Crippen LogP contribution in [-0.2, 0) is 6.61 Å². The number of amidine groups is 1. The lowest BCUT2D eigenvalue weighted by molar-refractivity contribution is 0.284. The van der Waals surface area contributed by atoms with Crippen molar-refractivity contribution in [3.8, 4) is 11.5 Å². The van der Waals surface area contributed by atoms with Crippen LogP contribution >= 0.6 is 0 Å². The van der Waals surface area contributed by atoms with Crippen LogP contribution in [0.25, 0.3) is 0 Å². The molecule has 0 saturated carbocycles. The fourth-order valence-electron chi connectivity index (χ4n) is 2.67. The molecule has 0 aromatic heterocycles. The molecule has 0 radical (unpaired) electrons. The SMILES string of the molecule is COc1cccc(C2=NCCN2)c1OCc1cccc(N(C)C)c1. The third-order valence-electron chi connectivity index (χ3n) is 3.94. The third-order valence-corrected chi connectivity index (χ3v) is 3.94. The highest BCUT2D eigenvalue weighted by atomic mass is 16.5. The van der Waals surface area contributed by atoms with E-state index in [0.29, 0.717) is 12.4 Å². The van der Waals surface area contributed by atoms with E-state index in [4.69, 9.17) is 9.47 Å². The van der Waals surface area contributed by atoms with Gasteiger partial charge in [-0.1, -0.05) is 18.2 Å². The van der Waals surface area contributed by atoms with Gasteiger partial charge in [0.2, 0.25) is 0 Å². The average Bonchev–Trinajstić information content (AvgIpc) is 3.14. The molecule has 0 atom stereocenters. The Morgan fingerprint density at radius 2 is 2.00 bits per heavy atom. The largest absolute Gasteiger partial charge is 0.493 e. The van der Waals surface area contributed by atoms with Gasteiger partial charge in [0, 0.05) is 26.3 Å². The lowest BCUT2D eigenvalue weighted by Crippen LogP contribution is -2.20. The highest BCUT2D eigenvalue weighted by Crippen LogP contribution is 2.32. The van der Waals surface area contributed by atoms with Crippen molar-refractivity contribution in [3.63, 3.8) is 0 Å². The highest BCUT2D eigenvalue weighted by Gasteiger charge is 2.17. The number of para-hydroxylation sites is 1. The van der Waals surface area contributed by atoms with E-state index in [-0.39, 0.29) is 0 Å². The molecule has 1 aliphatic rings. The molecule has 2 aromatic carbocycles. The number of aliphatic imine (C=N–C) groups is 1. The number of nitrogens with one attached hydrogen (secondary N) is 1. The van der Waals surface area contributed by atoms with Crippen LogP contribution < -0.4 is 19.7 Å². The molecule has 5 nitrogen and oxygen atoms in total. The van der Waals surface area contributed by atoms with Crippen molar-refractivity contribution in [2.75, 3.05) is 39.2 Å². The molecule has 2 aromatic rings. The van der Waals surface area contributed by atoms with E-state index < -0.39 is 0 Å². The fraction of sp³-hybridized carbons (Fsp3) is 0.316. The number of hydrogen-bond acceptors (Lipinski definition) is 5. The number of nitrogens with zero attached hydrogens (tertiary/aromatic N) is 2. The van der Waals surface area contributed by atoms with E-state index in [2.05, 4.69) is 33.4 Å². The normalized spacial score (nSPS) is 13.2. The van der Waals surface area contributed by atoms with E-state index in [1.807, 2.05) is 38.4 Å². The molecule has 0 bridgehead atoms. The summed E-state index contributed by atoms with van der Waals surface area (Å²) in [6.07, 6.45) is 0. The van der Waals surface area contributed by atoms with Crippen molar-refractivity contribution >= 4 is 11.5 Å². The number of methoxy groups -OCH3 is 1. The predicted molar refractivity (Wildman–Crippen MR) is 97.5 cm³/mol. The van der Waals surface area contributed by atoms with E-state index in [0.717, 1.165) is 41.5 Å². The Bertz CT molecular complexity index is 741. The van der Waals surface area contributed by atoms with Crippen molar-refractivity contribution in [1.82, 2.24) is 5.32 Å². The molecule has 24 heavy (non-hydrogen) atoms. The zero-order valence-corrected chi connectivity index (χ0v) is 14.4. The van der Waals surface area contributed by atoms with Gasteiger partial charge in [0.25, 0.3) is 0 Å². The molecule has 1 heterocycles. The van der Waals surface area contributed by atoms with Crippen LogP contribution in [0.1, 0.15) is 11.1 Å². The summed E-state index contributed by atoms with van der Waals surface area (Å²) in [7, 11) is 5.72. The van der Waals surface area contributed by atoms with Gasteiger partial charge in [-0.05, 0) is 29.8 Å². The molecular weight excluding hydrogens is 302 g/mol.